The quantitative estimate of drug-likeness (QED) is 0.917. The molecule has 20 heavy (non-hydrogen) atoms. The molecule has 0 aliphatic carbocycles. The molecule has 0 atom stereocenters. The van der Waals surface area contributed by atoms with Gasteiger partial charge in [-0.05, 0) is 18.2 Å². The van der Waals surface area contributed by atoms with Gasteiger partial charge in [-0.2, -0.15) is 5.26 Å². The number of nitriles is 1. The summed E-state index contributed by atoms with van der Waals surface area (Å²) in [6.45, 7) is 0. The van der Waals surface area contributed by atoms with E-state index in [0.717, 1.165) is 0 Å². The maximum Gasteiger partial charge on any atom is 0.337 e. The van der Waals surface area contributed by atoms with Crippen LogP contribution in [0.1, 0.15) is 15.9 Å². The zero-order valence-electron chi connectivity index (χ0n) is 10.5. The van der Waals surface area contributed by atoms with Crippen LogP contribution in [0.5, 0.6) is 17.4 Å². The molecule has 1 heterocycles. The van der Waals surface area contributed by atoms with Crippen LogP contribution < -0.4 is 9.47 Å². The molecule has 0 radical (unpaired) electrons. The van der Waals surface area contributed by atoms with Crippen molar-refractivity contribution in [3.63, 3.8) is 0 Å². The first-order chi connectivity index (χ1) is 9.62. The number of rotatable bonds is 4. The van der Waals surface area contributed by atoms with Crippen molar-refractivity contribution in [3.8, 4) is 23.4 Å². The van der Waals surface area contributed by atoms with Crippen LogP contribution in [0, 0.1) is 11.3 Å². The lowest BCUT2D eigenvalue weighted by atomic mass is 10.2. The summed E-state index contributed by atoms with van der Waals surface area (Å²) in [6, 6.07) is 9.54. The Labute approximate surface area is 114 Å². The van der Waals surface area contributed by atoms with Crippen LogP contribution >= 0.6 is 0 Å². The van der Waals surface area contributed by atoms with E-state index in [9.17, 15) is 4.79 Å². The molecule has 0 spiro atoms. The molecular formula is C14H10N2O4. The predicted octanol–water partition coefficient (Wildman–Crippen LogP) is 2.45. The summed E-state index contributed by atoms with van der Waals surface area (Å²) in [7, 11) is 1.49. The van der Waals surface area contributed by atoms with Gasteiger partial charge in [0, 0.05) is 18.3 Å². The number of nitrogens with zero attached hydrogens (tertiary/aromatic N) is 2. The molecule has 1 aromatic heterocycles. The van der Waals surface area contributed by atoms with Crippen LogP contribution in [-0.4, -0.2) is 23.2 Å². The molecule has 0 unspecified atom stereocenters. The number of hydrogen-bond acceptors (Lipinski definition) is 5. The van der Waals surface area contributed by atoms with Crippen molar-refractivity contribution < 1.29 is 19.4 Å². The molecule has 0 bridgehead atoms. The first kappa shape index (κ1) is 13.4. The van der Waals surface area contributed by atoms with E-state index in [1.807, 2.05) is 6.07 Å². The van der Waals surface area contributed by atoms with Gasteiger partial charge in [0.2, 0.25) is 5.88 Å². The fraction of sp³-hybridized carbons (Fsp3) is 0.0714. The van der Waals surface area contributed by atoms with Crippen molar-refractivity contribution in [1.82, 2.24) is 4.98 Å². The third-order valence-corrected chi connectivity index (χ3v) is 2.45. The summed E-state index contributed by atoms with van der Waals surface area (Å²) in [5, 5.41) is 17.7. The van der Waals surface area contributed by atoms with Gasteiger partial charge in [0.25, 0.3) is 0 Å². The number of ether oxygens (including phenoxy) is 2. The van der Waals surface area contributed by atoms with Gasteiger partial charge in [-0.15, -0.1) is 0 Å². The highest BCUT2D eigenvalue weighted by atomic mass is 16.5. The van der Waals surface area contributed by atoms with Gasteiger partial charge in [0.05, 0.1) is 24.3 Å². The normalized spacial score (nSPS) is 9.60. The van der Waals surface area contributed by atoms with Crippen LogP contribution in [0.2, 0.25) is 0 Å². The largest absolute Gasteiger partial charge is 0.497 e. The molecule has 0 fully saturated rings. The van der Waals surface area contributed by atoms with Crippen molar-refractivity contribution >= 4 is 5.97 Å². The Bertz CT molecular complexity index is 675. The number of aromatic carboxylic acids is 1. The smallest absolute Gasteiger partial charge is 0.337 e. The highest BCUT2D eigenvalue weighted by Gasteiger charge is 2.06. The highest BCUT2D eigenvalue weighted by molar-refractivity contribution is 5.87. The van der Waals surface area contributed by atoms with Crippen LogP contribution in [0.3, 0.4) is 0 Å². The number of benzene rings is 1. The second kappa shape index (κ2) is 5.71. The van der Waals surface area contributed by atoms with E-state index in [4.69, 9.17) is 19.8 Å². The monoisotopic (exact) mass is 270 g/mol. The van der Waals surface area contributed by atoms with Gasteiger partial charge in [-0.25, -0.2) is 9.78 Å². The van der Waals surface area contributed by atoms with Crippen molar-refractivity contribution in [2.24, 2.45) is 0 Å². The molecule has 1 N–H and O–H groups in total. The number of carboxylic acid groups (broad SMARTS) is 1. The van der Waals surface area contributed by atoms with Gasteiger partial charge in [0.1, 0.15) is 11.5 Å². The Hall–Kier alpha value is -3.07. The fourth-order valence-corrected chi connectivity index (χ4v) is 1.50. The number of pyridine rings is 1. The molecule has 0 saturated carbocycles. The SMILES string of the molecule is COc1cc(C#N)cc(Oc2ccc(C(=O)O)cn2)c1. The Morgan fingerprint density at radius 2 is 2.05 bits per heavy atom. The third kappa shape index (κ3) is 3.03. The minimum atomic E-state index is -1.06. The van der Waals surface area contributed by atoms with E-state index in [2.05, 4.69) is 4.98 Å². The molecule has 0 aliphatic heterocycles. The maximum absolute atomic E-state index is 10.7. The third-order valence-electron chi connectivity index (χ3n) is 2.45. The number of hydrogen-bond donors (Lipinski definition) is 1. The summed E-state index contributed by atoms with van der Waals surface area (Å²) in [6.07, 6.45) is 1.20. The molecule has 100 valence electrons. The molecule has 0 saturated heterocycles. The van der Waals surface area contributed by atoms with Gasteiger partial charge >= 0.3 is 5.97 Å². The van der Waals surface area contributed by atoms with E-state index in [1.54, 1.807) is 12.1 Å². The Morgan fingerprint density at radius 3 is 2.60 bits per heavy atom. The minimum Gasteiger partial charge on any atom is -0.497 e. The van der Waals surface area contributed by atoms with Crippen molar-refractivity contribution in [2.75, 3.05) is 7.11 Å². The molecule has 6 heteroatoms. The van der Waals surface area contributed by atoms with E-state index >= 15 is 0 Å². The second-order valence-electron chi connectivity index (χ2n) is 3.80. The molecule has 0 aliphatic rings. The summed E-state index contributed by atoms with van der Waals surface area (Å²) in [5.41, 5.74) is 0.460. The number of carbonyl (C=O) groups is 1. The molecule has 6 nitrogen and oxygen atoms in total. The Kier molecular flexibility index (Phi) is 3.82. The van der Waals surface area contributed by atoms with Crippen LogP contribution in [0.25, 0.3) is 0 Å². The lowest BCUT2D eigenvalue weighted by Gasteiger charge is -2.07. The van der Waals surface area contributed by atoms with E-state index in [-0.39, 0.29) is 11.4 Å². The zero-order chi connectivity index (χ0) is 14.5. The van der Waals surface area contributed by atoms with Gasteiger partial charge in [-0.1, -0.05) is 0 Å². The second-order valence-corrected chi connectivity index (χ2v) is 3.80. The maximum atomic E-state index is 10.7. The predicted molar refractivity (Wildman–Crippen MR) is 69.0 cm³/mol. The first-order valence-corrected chi connectivity index (χ1v) is 5.59. The summed E-state index contributed by atoms with van der Waals surface area (Å²) in [4.78, 5) is 14.6. The molecule has 2 aromatic rings. The number of aromatic nitrogens is 1. The van der Waals surface area contributed by atoms with Crippen molar-refractivity contribution in [3.05, 3.63) is 47.7 Å². The average molecular weight is 270 g/mol. The van der Waals surface area contributed by atoms with Gasteiger partial charge in [0.15, 0.2) is 0 Å². The minimum absolute atomic E-state index is 0.0701. The molecule has 2 rings (SSSR count). The van der Waals surface area contributed by atoms with Crippen LogP contribution in [0.15, 0.2) is 36.5 Å². The van der Waals surface area contributed by atoms with Gasteiger partial charge in [-0.3, -0.25) is 0 Å². The van der Waals surface area contributed by atoms with E-state index < -0.39 is 5.97 Å². The average Bonchev–Trinajstić information content (AvgIpc) is 2.47. The van der Waals surface area contributed by atoms with Crippen molar-refractivity contribution in [2.45, 2.75) is 0 Å². The van der Waals surface area contributed by atoms with Crippen molar-refractivity contribution in [1.29, 1.82) is 5.26 Å². The molecule has 0 amide bonds. The molecular weight excluding hydrogens is 260 g/mol. The van der Waals surface area contributed by atoms with Crippen LogP contribution in [-0.2, 0) is 0 Å². The van der Waals surface area contributed by atoms with E-state index in [1.165, 1.54) is 31.5 Å². The van der Waals surface area contributed by atoms with E-state index in [0.29, 0.717) is 17.1 Å². The fourth-order valence-electron chi connectivity index (χ4n) is 1.50. The zero-order valence-corrected chi connectivity index (χ0v) is 10.5. The lowest BCUT2D eigenvalue weighted by Crippen LogP contribution is -1.97. The Morgan fingerprint density at radius 1 is 1.30 bits per heavy atom. The first-order valence-electron chi connectivity index (χ1n) is 5.59. The number of methoxy groups -OCH3 is 1. The number of carboxylic acids is 1. The van der Waals surface area contributed by atoms with Gasteiger partial charge < -0.3 is 14.6 Å². The van der Waals surface area contributed by atoms with Crippen LogP contribution in [0.4, 0.5) is 0 Å². The topological polar surface area (TPSA) is 92.4 Å². The molecule has 1 aromatic carbocycles. The lowest BCUT2D eigenvalue weighted by molar-refractivity contribution is 0.0696. The summed E-state index contributed by atoms with van der Waals surface area (Å²) < 4.78 is 10.5. The Balaban J connectivity index is 2.25. The highest BCUT2D eigenvalue weighted by Crippen LogP contribution is 2.26. The summed E-state index contributed by atoms with van der Waals surface area (Å²) in [5.74, 6) is 0.0435. The standard InChI is InChI=1S/C14H10N2O4/c1-19-11-4-9(7-15)5-12(6-11)20-13-3-2-10(8-16-13)14(17)18/h2-6,8H,1H3,(H,17,18). The summed E-state index contributed by atoms with van der Waals surface area (Å²) >= 11 is 0.